The zero-order chi connectivity index (χ0) is 19.2. The fourth-order valence-corrected chi connectivity index (χ4v) is 2.58. The molecule has 0 unspecified atom stereocenters. The third-order valence-corrected chi connectivity index (χ3v) is 3.96. The molecule has 0 aromatic heterocycles. The molecule has 134 valence electrons. The van der Waals surface area contributed by atoms with Gasteiger partial charge in [0.15, 0.2) is 0 Å². The highest BCUT2D eigenvalue weighted by molar-refractivity contribution is 5.89. The normalized spacial score (nSPS) is 10.1. The van der Waals surface area contributed by atoms with Crippen molar-refractivity contribution in [1.29, 1.82) is 0 Å². The van der Waals surface area contributed by atoms with Crippen LogP contribution in [0.15, 0.2) is 91.0 Å². The van der Waals surface area contributed by atoms with Crippen molar-refractivity contribution in [2.45, 2.75) is 6.92 Å². The Morgan fingerprint density at radius 1 is 0.852 bits per heavy atom. The highest BCUT2D eigenvalue weighted by Gasteiger charge is 2.13. The molecule has 0 N–H and O–H groups in total. The van der Waals surface area contributed by atoms with Crippen molar-refractivity contribution in [1.82, 2.24) is 0 Å². The van der Waals surface area contributed by atoms with Crippen LogP contribution in [0.25, 0.3) is 0 Å². The number of hydrogen-bond donors (Lipinski definition) is 0. The van der Waals surface area contributed by atoms with E-state index >= 15 is 0 Å². The number of carbonyl (C=O) groups excluding carboxylic acids is 2. The number of benzene rings is 3. The Labute approximate surface area is 158 Å². The summed E-state index contributed by atoms with van der Waals surface area (Å²) < 4.78 is 5.26. The van der Waals surface area contributed by atoms with Crippen LogP contribution in [0, 0.1) is 0 Å². The number of para-hydroxylation sites is 1. The van der Waals surface area contributed by atoms with E-state index in [0.717, 1.165) is 23.3 Å². The number of nitrogens with zero attached hydrogens (tertiary/aromatic N) is 1. The van der Waals surface area contributed by atoms with Gasteiger partial charge in [-0.1, -0.05) is 24.8 Å². The quantitative estimate of drug-likeness (QED) is 0.255. The third-order valence-electron chi connectivity index (χ3n) is 3.96. The Bertz CT molecular complexity index is 945. The van der Waals surface area contributed by atoms with Crippen LogP contribution in [-0.2, 0) is 4.79 Å². The zero-order valence-corrected chi connectivity index (χ0v) is 15.0. The van der Waals surface area contributed by atoms with Gasteiger partial charge in [0.05, 0.1) is 0 Å². The molecule has 0 heterocycles. The molecule has 0 radical (unpaired) electrons. The van der Waals surface area contributed by atoms with Gasteiger partial charge in [0, 0.05) is 28.2 Å². The first kappa shape index (κ1) is 18.1. The topological polar surface area (TPSA) is 46.6 Å². The van der Waals surface area contributed by atoms with Gasteiger partial charge in [-0.15, -0.1) is 0 Å². The average Bonchev–Trinajstić information content (AvgIpc) is 2.71. The van der Waals surface area contributed by atoms with Gasteiger partial charge in [-0.25, -0.2) is 4.79 Å². The van der Waals surface area contributed by atoms with E-state index in [0.29, 0.717) is 16.9 Å². The summed E-state index contributed by atoms with van der Waals surface area (Å²) in [4.78, 5) is 24.7. The Morgan fingerprint density at radius 3 is 1.89 bits per heavy atom. The molecule has 4 heteroatoms. The fourth-order valence-electron chi connectivity index (χ4n) is 2.58. The molecule has 0 saturated heterocycles. The lowest BCUT2D eigenvalue weighted by Gasteiger charge is -2.25. The third kappa shape index (κ3) is 4.30. The summed E-state index contributed by atoms with van der Waals surface area (Å²) >= 11 is 0. The van der Waals surface area contributed by atoms with Crippen molar-refractivity contribution < 1.29 is 14.3 Å². The Hall–Kier alpha value is -3.66. The molecule has 0 atom stereocenters. The molecular weight excluding hydrogens is 338 g/mol. The molecule has 3 aromatic carbocycles. The molecule has 3 aromatic rings. The van der Waals surface area contributed by atoms with E-state index in [-0.39, 0.29) is 0 Å². The second-order valence-corrected chi connectivity index (χ2v) is 6.04. The summed E-state index contributed by atoms with van der Waals surface area (Å²) in [6.07, 6.45) is 0.821. The molecule has 0 saturated carbocycles. The number of esters is 1. The first-order valence-electron chi connectivity index (χ1n) is 8.46. The van der Waals surface area contributed by atoms with Gasteiger partial charge < -0.3 is 9.64 Å². The zero-order valence-electron chi connectivity index (χ0n) is 15.0. The lowest BCUT2D eigenvalue weighted by molar-refractivity contribution is -0.130. The monoisotopic (exact) mass is 357 g/mol. The molecule has 0 bridgehead atoms. The molecule has 3 rings (SSSR count). The standard InChI is InChI=1S/C23H19NO3/c1-17(2)23(26)27-22-14-12-21(13-15-22)24(19-6-4-3-5-7-19)20-10-8-18(16-25)9-11-20/h3-16H,1H2,2H3. The van der Waals surface area contributed by atoms with Crippen LogP contribution >= 0.6 is 0 Å². The molecule has 0 aliphatic heterocycles. The fraction of sp³-hybridized carbons (Fsp3) is 0.0435. The van der Waals surface area contributed by atoms with Crippen LogP contribution in [-0.4, -0.2) is 12.3 Å². The van der Waals surface area contributed by atoms with E-state index in [4.69, 9.17) is 4.74 Å². The molecule has 0 amide bonds. The molecule has 0 fully saturated rings. The molecule has 4 nitrogen and oxygen atoms in total. The molecule has 0 aliphatic carbocycles. The molecular formula is C23H19NO3. The largest absolute Gasteiger partial charge is 0.423 e. The summed E-state index contributed by atoms with van der Waals surface area (Å²) in [5.74, 6) is 0.00295. The van der Waals surface area contributed by atoms with E-state index in [9.17, 15) is 9.59 Å². The predicted octanol–water partition coefficient (Wildman–Crippen LogP) is 5.45. The van der Waals surface area contributed by atoms with Crippen LogP contribution in [0.3, 0.4) is 0 Å². The maximum absolute atomic E-state index is 11.7. The minimum atomic E-state index is -0.452. The predicted molar refractivity (Wildman–Crippen MR) is 107 cm³/mol. The number of anilines is 3. The van der Waals surface area contributed by atoms with Crippen molar-refractivity contribution in [2.24, 2.45) is 0 Å². The summed E-state index contributed by atoms with van der Waals surface area (Å²) in [5.41, 5.74) is 3.76. The smallest absolute Gasteiger partial charge is 0.338 e. The first-order valence-corrected chi connectivity index (χ1v) is 8.46. The van der Waals surface area contributed by atoms with Crippen molar-refractivity contribution >= 4 is 29.3 Å². The Kier molecular flexibility index (Phi) is 5.47. The molecule has 0 spiro atoms. The summed E-state index contributed by atoms with van der Waals surface area (Å²) in [6, 6.07) is 24.5. The SMILES string of the molecule is C=C(C)C(=O)Oc1ccc(N(c2ccccc2)c2ccc(C=O)cc2)cc1. The maximum Gasteiger partial charge on any atom is 0.338 e. The lowest BCUT2D eigenvalue weighted by atomic mass is 10.1. The number of aldehydes is 1. The molecule has 27 heavy (non-hydrogen) atoms. The van der Waals surface area contributed by atoms with Crippen molar-refractivity contribution in [3.8, 4) is 5.75 Å². The second-order valence-electron chi connectivity index (χ2n) is 6.04. The van der Waals surface area contributed by atoms with Gasteiger partial charge in [0.2, 0.25) is 0 Å². The van der Waals surface area contributed by atoms with E-state index < -0.39 is 5.97 Å². The van der Waals surface area contributed by atoms with E-state index in [1.165, 1.54) is 0 Å². The van der Waals surface area contributed by atoms with Crippen LogP contribution < -0.4 is 9.64 Å². The van der Waals surface area contributed by atoms with Gasteiger partial charge in [-0.05, 0) is 67.6 Å². The molecule has 0 aliphatic rings. The van der Waals surface area contributed by atoms with E-state index in [2.05, 4.69) is 11.5 Å². The van der Waals surface area contributed by atoms with Crippen LogP contribution in [0.2, 0.25) is 0 Å². The minimum Gasteiger partial charge on any atom is -0.423 e. The van der Waals surface area contributed by atoms with Crippen molar-refractivity contribution in [2.75, 3.05) is 4.90 Å². The van der Waals surface area contributed by atoms with Gasteiger partial charge in [-0.2, -0.15) is 0 Å². The Balaban J connectivity index is 1.96. The van der Waals surface area contributed by atoms with Gasteiger partial charge in [0.1, 0.15) is 12.0 Å². The van der Waals surface area contributed by atoms with E-state index in [1.54, 1.807) is 31.2 Å². The van der Waals surface area contributed by atoms with Gasteiger partial charge in [-0.3, -0.25) is 4.79 Å². The summed E-state index contributed by atoms with van der Waals surface area (Å²) in [6.45, 7) is 5.19. The van der Waals surface area contributed by atoms with Crippen LogP contribution in [0.1, 0.15) is 17.3 Å². The van der Waals surface area contributed by atoms with Gasteiger partial charge >= 0.3 is 5.97 Å². The highest BCUT2D eigenvalue weighted by atomic mass is 16.5. The highest BCUT2D eigenvalue weighted by Crippen LogP contribution is 2.35. The summed E-state index contributed by atoms with van der Waals surface area (Å²) in [7, 11) is 0. The van der Waals surface area contributed by atoms with Crippen LogP contribution in [0.5, 0.6) is 5.75 Å². The van der Waals surface area contributed by atoms with Crippen LogP contribution in [0.4, 0.5) is 17.1 Å². The number of rotatable bonds is 6. The number of ether oxygens (including phenoxy) is 1. The van der Waals surface area contributed by atoms with Crippen molar-refractivity contribution in [3.05, 3.63) is 96.6 Å². The second kappa shape index (κ2) is 8.15. The van der Waals surface area contributed by atoms with Gasteiger partial charge in [0.25, 0.3) is 0 Å². The maximum atomic E-state index is 11.7. The number of carbonyl (C=O) groups is 2. The van der Waals surface area contributed by atoms with Crippen molar-refractivity contribution in [3.63, 3.8) is 0 Å². The van der Waals surface area contributed by atoms with E-state index in [1.807, 2.05) is 54.6 Å². The Morgan fingerprint density at radius 2 is 1.37 bits per heavy atom. The first-order chi connectivity index (χ1) is 13.1. The average molecular weight is 357 g/mol. The summed E-state index contributed by atoms with van der Waals surface area (Å²) in [5, 5.41) is 0. The lowest BCUT2D eigenvalue weighted by Crippen LogP contribution is -2.11. The minimum absolute atomic E-state index is 0.347. The number of hydrogen-bond acceptors (Lipinski definition) is 4.